The number of nitrogens with one attached hydrogen (secondary N) is 2. The molecular weight excluding hydrogens is 360 g/mol. The minimum absolute atomic E-state index is 0.0315. The fraction of sp³-hybridized carbons (Fsp3) is 0.350. The number of carbonyl (C=O) groups excluding carboxylic acids is 3. The molecule has 1 aromatic carbocycles. The molecular formula is C20H24N4O4. The third-order valence-corrected chi connectivity index (χ3v) is 4.61. The Bertz CT molecular complexity index is 784. The number of hydrogen-bond acceptors (Lipinski definition) is 5. The second-order valence-electron chi connectivity index (χ2n) is 6.61. The van der Waals surface area contributed by atoms with Crippen molar-refractivity contribution in [3.63, 3.8) is 0 Å². The van der Waals surface area contributed by atoms with Crippen LogP contribution in [0.15, 0.2) is 53.3 Å². The zero-order chi connectivity index (χ0) is 19.8. The quantitative estimate of drug-likeness (QED) is 0.724. The van der Waals surface area contributed by atoms with Crippen molar-refractivity contribution in [3.8, 4) is 0 Å². The van der Waals surface area contributed by atoms with E-state index in [9.17, 15) is 14.4 Å². The summed E-state index contributed by atoms with van der Waals surface area (Å²) < 4.78 is 4.85. The van der Waals surface area contributed by atoms with Gasteiger partial charge in [0.1, 0.15) is 6.26 Å². The molecule has 28 heavy (non-hydrogen) atoms. The highest BCUT2D eigenvalue weighted by atomic mass is 16.3. The van der Waals surface area contributed by atoms with Crippen molar-refractivity contribution in [2.24, 2.45) is 0 Å². The van der Waals surface area contributed by atoms with Gasteiger partial charge in [0.05, 0.1) is 24.9 Å². The Balaban J connectivity index is 1.34. The first-order valence-electron chi connectivity index (χ1n) is 9.23. The van der Waals surface area contributed by atoms with Crippen LogP contribution in [0.25, 0.3) is 0 Å². The minimum atomic E-state index is -0.337. The molecule has 1 saturated heterocycles. The molecule has 8 nitrogen and oxygen atoms in total. The van der Waals surface area contributed by atoms with Crippen LogP contribution in [0.3, 0.4) is 0 Å². The van der Waals surface area contributed by atoms with Gasteiger partial charge in [-0.1, -0.05) is 30.3 Å². The van der Waals surface area contributed by atoms with E-state index < -0.39 is 0 Å². The molecule has 1 aromatic heterocycles. The number of furan rings is 1. The lowest BCUT2D eigenvalue weighted by atomic mass is 10.2. The molecule has 3 amide bonds. The topological polar surface area (TPSA) is 94.9 Å². The summed E-state index contributed by atoms with van der Waals surface area (Å²) in [6.07, 6.45) is 2.74. The first-order valence-corrected chi connectivity index (χ1v) is 9.23. The minimum Gasteiger partial charge on any atom is -0.472 e. The van der Waals surface area contributed by atoms with Crippen LogP contribution in [0, 0.1) is 0 Å². The molecule has 0 saturated carbocycles. The summed E-state index contributed by atoms with van der Waals surface area (Å²) in [5, 5.41) is 5.50. The number of amides is 3. The molecule has 8 heteroatoms. The number of benzene rings is 1. The highest BCUT2D eigenvalue weighted by Gasteiger charge is 2.22. The van der Waals surface area contributed by atoms with Gasteiger partial charge in [-0.25, -0.2) is 0 Å². The summed E-state index contributed by atoms with van der Waals surface area (Å²) in [6, 6.07) is 11.3. The molecule has 1 aliphatic rings. The Morgan fingerprint density at radius 3 is 2.39 bits per heavy atom. The second kappa shape index (κ2) is 9.70. The summed E-state index contributed by atoms with van der Waals surface area (Å²) in [6.45, 7) is 3.08. The van der Waals surface area contributed by atoms with E-state index in [4.69, 9.17) is 4.42 Å². The second-order valence-corrected chi connectivity index (χ2v) is 6.61. The van der Waals surface area contributed by atoms with E-state index in [1.54, 1.807) is 11.0 Å². The van der Waals surface area contributed by atoms with Gasteiger partial charge in [-0.2, -0.15) is 0 Å². The first kappa shape index (κ1) is 19.6. The van der Waals surface area contributed by atoms with E-state index in [0.29, 0.717) is 44.8 Å². The summed E-state index contributed by atoms with van der Waals surface area (Å²) in [5.41, 5.74) is 1.45. The van der Waals surface area contributed by atoms with Gasteiger partial charge >= 0.3 is 0 Å². The summed E-state index contributed by atoms with van der Waals surface area (Å²) in [5.74, 6) is -0.503. The van der Waals surface area contributed by atoms with E-state index in [-0.39, 0.29) is 24.3 Å². The molecule has 2 aromatic rings. The van der Waals surface area contributed by atoms with E-state index in [1.165, 1.54) is 12.5 Å². The number of piperazine rings is 1. The average Bonchev–Trinajstić information content (AvgIpc) is 3.26. The highest BCUT2D eigenvalue weighted by Crippen LogP contribution is 2.03. The Morgan fingerprint density at radius 2 is 1.71 bits per heavy atom. The van der Waals surface area contributed by atoms with E-state index in [2.05, 4.69) is 10.6 Å². The molecule has 148 valence electrons. The number of carbonyl (C=O) groups is 3. The maximum Gasteiger partial charge on any atom is 0.254 e. The van der Waals surface area contributed by atoms with Crippen molar-refractivity contribution in [1.29, 1.82) is 0 Å². The van der Waals surface area contributed by atoms with E-state index in [1.807, 2.05) is 35.2 Å². The van der Waals surface area contributed by atoms with Crippen LogP contribution in [-0.2, 0) is 16.1 Å². The van der Waals surface area contributed by atoms with Crippen LogP contribution in [0.2, 0.25) is 0 Å². The lowest BCUT2D eigenvalue weighted by Gasteiger charge is -2.34. The number of rotatable bonds is 7. The average molecular weight is 384 g/mol. The van der Waals surface area contributed by atoms with Crippen molar-refractivity contribution in [2.75, 3.05) is 39.3 Å². The Morgan fingerprint density at radius 1 is 0.964 bits per heavy atom. The molecule has 0 bridgehead atoms. The molecule has 0 atom stereocenters. The van der Waals surface area contributed by atoms with Gasteiger partial charge in [0.25, 0.3) is 5.91 Å². The van der Waals surface area contributed by atoms with Crippen molar-refractivity contribution in [1.82, 2.24) is 20.4 Å². The van der Waals surface area contributed by atoms with E-state index in [0.717, 1.165) is 5.56 Å². The van der Waals surface area contributed by atoms with Crippen molar-refractivity contribution >= 4 is 17.7 Å². The zero-order valence-electron chi connectivity index (χ0n) is 15.6. The maximum atomic E-state index is 12.3. The predicted octanol–water partition coefficient (Wildman–Crippen LogP) is 0.470. The van der Waals surface area contributed by atoms with Crippen molar-refractivity contribution in [2.45, 2.75) is 6.54 Å². The Labute approximate surface area is 163 Å². The lowest BCUT2D eigenvalue weighted by molar-refractivity contribution is -0.132. The lowest BCUT2D eigenvalue weighted by Crippen LogP contribution is -2.52. The SMILES string of the molecule is O=C(CN1CCN(C(=O)CNC(=O)c2ccoc2)CC1)NCc1ccccc1. The molecule has 2 N–H and O–H groups in total. The van der Waals surface area contributed by atoms with Gasteiger partial charge in [0.2, 0.25) is 11.8 Å². The standard InChI is InChI=1S/C20H24N4O4/c25-18(21-12-16-4-2-1-3-5-16)14-23-7-9-24(10-8-23)19(26)13-22-20(27)17-6-11-28-15-17/h1-6,11,15H,7-10,12-14H2,(H,21,25)(H,22,27). The van der Waals surface area contributed by atoms with Gasteiger partial charge < -0.3 is 20.0 Å². The molecule has 2 heterocycles. The molecule has 0 radical (unpaired) electrons. The van der Waals surface area contributed by atoms with Gasteiger partial charge in [-0.05, 0) is 11.6 Å². The predicted molar refractivity (Wildman–Crippen MR) is 102 cm³/mol. The normalized spacial score (nSPS) is 14.5. The largest absolute Gasteiger partial charge is 0.472 e. The van der Waals surface area contributed by atoms with Crippen LogP contribution < -0.4 is 10.6 Å². The number of nitrogens with zero attached hydrogens (tertiary/aromatic N) is 2. The molecule has 0 aliphatic carbocycles. The molecule has 3 rings (SSSR count). The molecule has 0 spiro atoms. The smallest absolute Gasteiger partial charge is 0.254 e. The molecule has 1 aliphatic heterocycles. The zero-order valence-corrected chi connectivity index (χ0v) is 15.6. The van der Waals surface area contributed by atoms with Crippen LogP contribution in [0.4, 0.5) is 0 Å². The van der Waals surface area contributed by atoms with Crippen molar-refractivity contribution < 1.29 is 18.8 Å². The Kier molecular flexibility index (Phi) is 6.80. The highest BCUT2D eigenvalue weighted by molar-refractivity contribution is 5.96. The van der Waals surface area contributed by atoms with Crippen molar-refractivity contribution in [3.05, 3.63) is 60.1 Å². The molecule has 1 fully saturated rings. The third kappa shape index (κ3) is 5.68. The summed E-state index contributed by atoms with van der Waals surface area (Å²) >= 11 is 0. The van der Waals surface area contributed by atoms with Crippen LogP contribution in [0.1, 0.15) is 15.9 Å². The number of hydrogen-bond donors (Lipinski definition) is 2. The van der Waals surface area contributed by atoms with Crippen LogP contribution in [0.5, 0.6) is 0 Å². The summed E-state index contributed by atoms with van der Waals surface area (Å²) in [4.78, 5) is 39.9. The molecule has 0 unspecified atom stereocenters. The maximum absolute atomic E-state index is 12.3. The van der Waals surface area contributed by atoms with Crippen LogP contribution in [-0.4, -0.2) is 66.8 Å². The van der Waals surface area contributed by atoms with E-state index >= 15 is 0 Å². The van der Waals surface area contributed by atoms with Gasteiger partial charge in [-0.3, -0.25) is 19.3 Å². The first-order chi connectivity index (χ1) is 13.6. The Hall–Kier alpha value is -3.13. The summed E-state index contributed by atoms with van der Waals surface area (Å²) in [7, 11) is 0. The fourth-order valence-electron chi connectivity index (χ4n) is 2.97. The van der Waals surface area contributed by atoms with Gasteiger partial charge in [-0.15, -0.1) is 0 Å². The van der Waals surface area contributed by atoms with Gasteiger partial charge in [0, 0.05) is 32.7 Å². The monoisotopic (exact) mass is 384 g/mol. The fourth-order valence-corrected chi connectivity index (χ4v) is 2.97. The third-order valence-electron chi connectivity index (χ3n) is 4.61. The van der Waals surface area contributed by atoms with Crippen LogP contribution >= 0.6 is 0 Å². The van der Waals surface area contributed by atoms with Gasteiger partial charge in [0.15, 0.2) is 0 Å².